The first-order chi connectivity index (χ1) is 10.1. The summed E-state index contributed by atoms with van der Waals surface area (Å²) in [6.07, 6.45) is 8.72. The largest absolute Gasteiger partial charge is 0.389 e. The molecule has 2 unspecified atom stereocenters. The number of hydrogen-bond acceptors (Lipinski definition) is 3. The fourth-order valence-electron chi connectivity index (χ4n) is 3.07. The molecule has 0 aromatic rings. The summed E-state index contributed by atoms with van der Waals surface area (Å²) in [5, 5.41) is 10.1. The van der Waals surface area contributed by atoms with Crippen molar-refractivity contribution < 1.29 is 9.84 Å². The Morgan fingerprint density at radius 1 is 1.24 bits per heavy atom. The van der Waals surface area contributed by atoms with Gasteiger partial charge in [0.15, 0.2) is 0 Å². The molecule has 1 N–H and O–H groups in total. The zero-order chi connectivity index (χ0) is 15.7. The summed E-state index contributed by atoms with van der Waals surface area (Å²) in [7, 11) is 0. The quantitative estimate of drug-likeness (QED) is 0.660. The molecule has 3 heteroatoms. The summed E-state index contributed by atoms with van der Waals surface area (Å²) in [5.74, 6) is 0. The monoisotopic (exact) mass is 295 g/mol. The summed E-state index contributed by atoms with van der Waals surface area (Å²) in [5.41, 5.74) is 2.62. The van der Waals surface area contributed by atoms with Crippen molar-refractivity contribution in [2.45, 2.75) is 65.6 Å². The molecule has 2 atom stereocenters. The van der Waals surface area contributed by atoms with E-state index in [0.29, 0.717) is 6.61 Å². The fourth-order valence-corrected chi connectivity index (χ4v) is 3.07. The molecule has 3 nitrogen and oxygen atoms in total. The van der Waals surface area contributed by atoms with E-state index in [1.54, 1.807) is 0 Å². The third-order valence-corrected chi connectivity index (χ3v) is 4.19. The smallest absolute Gasteiger partial charge is 0.0900 e. The zero-order valence-electron chi connectivity index (χ0n) is 14.3. The molecule has 1 heterocycles. The minimum atomic E-state index is -0.385. The number of aliphatic hydroxyl groups excluding tert-OH is 1. The lowest BCUT2D eigenvalue weighted by Crippen LogP contribution is -2.34. The van der Waals surface area contributed by atoms with Crippen LogP contribution >= 0.6 is 0 Å². The Balaban J connectivity index is 2.41. The molecule has 1 saturated heterocycles. The average molecular weight is 295 g/mol. The Hall–Kier alpha value is -0.640. The minimum absolute atomic E-state index is 0.0426. The Kier molecular flexibility index (Phi) is 8.90. The first-order valence-corrected chi connectivity index (χ1v) is 8.46. The van der Waals surface area contributed by atoms with Crippen LogP contribution in [0.5, 0.6) is 0 Å². The van der Waals surface area contributed by atoms with Gasteiger partial charge in [-0.15, -0.1) is 0 Å². The SMILES string of the molecule is C/C=C(CCC)\C(=C/C)C(C)OCC(O)CN1CCCC1. The predicted molar refractivity (Wildman–Crippen MR) is 89.5 cm³/mol. The van der Waals surface area contributed by atoms with E-state index in [-0.39, 0.29) is 12.2 Å². The molecule has 21 heavy (non-hydrogen) atoms. The standard InChI is InChI=1S/C18H33NO2/c1-5-10-16(6-2)18(7-3)15(4)21-14-17(20)13-19-11-8-9-12-19/h6-7,15,17,20H,5,8-14H2,1-4H3/b16-6-,18-7-. The molecular formula is C18H33NO2. The van der Waals surface area contributed by atoms with Crippen LogP contribution in [0.15, 0.2) is 23.3 Å². The molecule has 0 saturated carbocycles. The number of rotatable bonds is 9. The van der Waals surface area contributed by atoms with Crippen molar-refractivity contribution in [3.8, 4) is 0 Å². The molecule has 1 aliphatic rings. The highest BCUT2D eigenvalue weighted by molar-refractivity contribution is 5.32. The first kappa shape index (κ1) is 18.4. The number of nitrogens with zero attached hydrogens (tertiary/aromatic N) is 1. The molecule has 0 amide bonds. The first-order valence-electron chi connectivity index (χ1n) is 8.46. The number of ether oxygens (including phenoxy) is 1. The van der Waals surface area contributed by atoms with Crippen LogP contribution in [0, 0.1) is 0 Å². The van der Waals surface area contributed by atoms with Crippen LogP contribution in [-0.4, -0.2) is 48.5 Å². The van der Waals surface area contributed by atoms with Crippen LogP contribution in [0.2, 0.25) is 0 Å². The predicted octanol–water partition coefficient (Wildman–Crippen LogP) is 3.54. The van der Waals surface area contributed by atoms with Gasteiger partial charge in [-0.2, -0.15) is 0 Å². The van der Waals surface area contributed by atoms with E-state index in [9.17, 15) is 5.11 Å². The van der Waals surface area contributed by atoms with Crippen molar-refractivity contribution in [3.05, 3.63) is 23.3 Å². The highest BCUT2D eigenvalue weighted by atomic mass is 16.5. The zero-order valence-corrected chi connectivity index (χ0v) is 14.3. The molecule has 0 radical (unpaired) electrons. The molecule has 122 valence electrons. The van der Waals surface area contributed by atoms with E-state index in [1.165, 1.54) is 24.0 Å². The molecule has 1 fully saturated rings. The summed E-state index contributed by atoms with van der Waals surface area (Å²) in [6, 6.07) is 0. The van der Waals surface area contributed by atoms with Crippen LogP contribution in [-0.2, 0) is 4.74 Å². The third-order valence-electron chi connectivity index (χ3n) is 4.19. The molecule has 0 spiro atoms. The van der Waals surface area contributed by atoms with Crippen molar-refractivity contribution in [1.82, 2.24) is 4.90 Å². The van der Waals surface area contributed by atoms with Crippen LogP contribution in [0.1, 0.15) is 53.4 Å². The Morgan fingerprint density at radius 3 is 2.43 bits per heavy atom. The molecule has 1 rings (SSSR count). The second-order valence-electron chi connectivity index (χ2n) is 5.95. The molecule has 0 bridgehead atoms. The molecule has 0 aromatic heterocycles. The Morgan fingerprint density at radius 2 is 1.90 bits per heavy atom. The molecule has 0 aliphatic carbocycles. The minimum Gasteiger partial charge on any atom is -0.389 e. The van der Waals surface area contributed by atoms with Crippen molar-refractivity contribution in [2.75, 3.05) is 26.2 Å². The topological polar surface area (TPSA) is 32.7 Å². The van der Waals surface area contributed by atoms with Gasteiger partial charge in [0.1, 0.15) is 0 Å². The number of allylic oxidation sites excluding steroid dienone is 2. The average Bonchev–Trinajstić information content (AvgIpc) is 2.97. The van der Waals surface area contributed by atoms with Gasteiger partial charge in [0.05, 0.1) is 18.8 Å². The van der Waals surface area contributed by atoms with Crippen LogP contribution in [0.3, 0.4) is 0 Å². The number of likely N-dealkylation sites (tertiary alicyclic amines) is 1. The maximum absolute atomic E-state index is 10.1. The van der Waals surface area contributed by atoms with Gasteiger partial charge in [-0.1, -0.05) is 25.5 Å². The maximum Gasteiger partial charge on any atom is 0.0900 e. The lowest BCUT2D eigenvalue weighted by Gasteiger charge is -2.23. The lowest BCUT2D eigenvalue weighted by atomic mass is 9.97. The van der Waals surface area contributed by atoms with Gasteiger partial charge >= 0.3 is 0 Å². The van der Waals surface area contributed by atoms with E-state index >= 15 is 0 Å². The summed E-state index contributed by atoms with van der Waals surface area (Å²) in [6.45, 7) is 11.8. The second-order valence-corrected chi connectivity index (χ2v) is 5.95. The molecule has 1 aliphatic heterocycles. The number of β-amino-alcohol motifs (C(OH)–C–C–N with tert-alkyl or cyclic N) is 1. The Labute approximate surface area is 130 Å². The van der Waals surface area contributed by atoms with E-state index < -0.39 is 0 Å². The second kappa shape index (κ2) is 10.1. The van der Waals surface area contributed by atoms with Crippen molar-refractivity contribution >= 4 is 0 Å². The summed E-state index contributed by atoms with van der Waals surface area (Å²) in [4.78, 5) is 2.32. The van der Waals surface area contributed by atoms with Gasteiger partial charge in [-0.3, -0.25) is 0 Å². The van der Waals surface area contributed by atoms with Crippen LogP contribution in [0.4, 0.5) is 0 Å². The number of hydrogen-bond donors (Lipinski definition) is 1. The highest BCUT2D eigenvalue weighted by Crippen LogP contribution is 2.21. The maximum atomic E-state index is 10.1. The lowest BCUT2D eigenvalue weighted by molar-refractivity contribution is 0.000280. The van der Waals surface area contributed by atoms with Gasteiger partial charge in [0.2, 0.25) is 0 Å². The highest BCUT2D eigenvalue weighted by Gasteiger charge is 2.18. The van der Waals surface area contributed by atoms with Crippen LogP contribution in [0.25, 0.3) is 0 Å². The fraction of sp³-hybridized carbons (Fsp3) is 0.778. The molecule has 0 aromatic carbocycles. The van der Waals surface area contributed by atoms with Crippen molar-refractivity contribution in [3.63, 3.8) is 0 Å². The van der Waals surface area contributed by atoms with Gasteiger partial charge in [-0.25, -0.2) is 0 Å². The van der Waals surface area contributed by atoms with E-state index in [4.69, 9.17) is 4.74 Å². The van der Waals surface area contributed by atoms with E-state index in [2.05, 4.69) is 44.7 Å². The third kappa shape index (κ3) is 6.33. The summed E-state index contributed by atoms with van der Waals surface area (Å²) >= 11 is 0. The van der Waals surface area contributed by atoms with Gasteiger partial charge in [0, 0.05) is 6.54 Å². The van der Waals surface area contributed by atoms with E-state index in [1.807, 2.05) is 0 Å². The number of aliphatic hydroxyl groups is 1. The van der Waals surface area contributed by atoms with Gasteiger partial charge < -0.3 is 14.7 Å². The normalized spacial score (nSPS) is 20.8. The van der Waals surface area contributed by atoms with Crippen LogP contribution < -0.4 is 0 Å². The van der Waals surface area contributed by atoms with Crippen molar-refractivity contribution in [2.24, 2.45) is 0 Å². The van der Waals surface area contributed by atoms with Gasteiger partial charge in [0.25, 0.3) is 0 Å². The van der Waals surface area contributed by atoms with E-state index in [0.717, 1.165) is 32.5 Å². The summed E-state index contributed by atoms with van der Waals surface area (Å²) < 4.78 is 5.91. The molecular weight excluding hydrogens is 262 g/mol. The van der Waals surface area contributed by atoms with Gasteiger partial charge in [-0.05, 0) is 64.3 Å². The van der Waals surface area contributed by atoms with Crippen molar-refractivity contribution in [1.29, 1.82) is 0 Å². The Bertz CT molecular complexity index is 343.